The molecule has 2 heterocycles. The molecular formula is C26H26ClN3O4S. The number of halogens is 1. The van der Waals surface area contributed by atoms with Crippen LogP contribution in [-0.4, -0.2) is 40.3 Å². The second kappa shape index (κ2) is 11.0. The summed E-state index contributed by atoms with van der Waals surface area (Å²) in [6, 6.07) is 18.5. The first-order valence-electron chi connectivity index (χ1n) is 11.0. The van der Waals surface area contributed by atoms with Crippen LogP contribution in [0.4, 0.5) is 0 Å². The molecule has 0 fully saturated rings. The Hall–Kier alpha value is -3.17. The first-order chi connectivity index (χ1) is 16.8. The van der Waals surface area contributed by atoms with E-state index in [-0.39, 0.29) is 13.2 Å². The smallest absolute Gasteiger partial charge is 0.250 e. The number of nitrogens with two attached hydrogens (primary N) is 1. The van der Waals surface area contributed by atoms with Crippen molar-refractivity contribution in [3.05, 3.63) is 83.4 Å². The zero-order valence-electron chi connectivity index (χ0n) is 19.1. The zero-order valence-corrected chi connectivity index (χ0v) is 20.7. The van der Waals surface area contributed by atoms with Crippen LogP contribution in [0.5, 0.6) is 17.4 Å². The molecule has 0 radical (unpaired) electrons. The molecule has 4 N–H and O–H groups in total. The van der Waals surface area contributed by atoms with E-state index >= 15 is 0 Å². The molecule has 2 atom stereocenters. The third kappa shape index (κ3) is 6.93. The summed E-state index contributed by atoms with van der Waals surface area (Å²) in [7, 11) is 0. The van der Waals surface area contributed by atoms with Gasteiger partial charge in [0.15, 0.2) is 0 Å². The lowest BCUT2D eigenvalue weighted by atomic mass is 10.1. The van der Waals surface area contributed by atoms with Gasteiger partial charge in [0.2, 0.25) is 11.8 Å². The Morgan fingerprint density at radius 1 is 1.20 bits per heavy atom. The summed E-state index contributed by atoms with van der Waals surface area (Å²) in [5.41, 5.74) is 6.53. The number of amides is 1. The number of primary amides is 1. The number of ether oxygens (including phenoxy) is 2. The number of rotatable bonds is 11. The molecule has 4 rings (SSSR count). The lowest BCUT2D eigenvalue weighted by Crippen LogP contribution is -2.44. The Morgan fingerprint density at radius 2 is 2.00 bits per heavy atom. The van der Waals surface area contributed by atoms with Crippen molar-refractivity contribution in [3.63, 3.8) is 0 Å². The second-order valence-electron chi connectivity index (χ2n) is 8.30. The molecule has 2 aromatic carbocycles. The maximum Gasteiger partial charge on any atom is 0.250 e. The van der Waals surface area contributed by atoms with Crippen LogP contribution in [0.25, 0.3) is 10.1 Å². The highest BCUT2D eigenvalue weighted by Gasteiger charge is 2.22. The molecule has 1 unspecified atom stereocenters. The average Bonchev–Trinajstić information content (AvgIpc) is 3.32. The number of pyridine rings is 1. The topological polar surface area (TPSA) is 107 Å². The van der Waals surface area contributed by atoms with Gasteiger partial charge in [0, 0.05) is 35.3 Å². The fourth-order valence-corrected chi connectivity index (χ4v) is 4.53. The fraction of sp³-hybridized carbons (Fsp3) is 0.231. The number of nitrogens with zero attached hydrogens (tertiary/aromatic N) is 1. The minimum absolute atomic E-state index is 0.162. The first kappa shape index (κ1) is 24.9. The first-order valence-corrected chi connectivity index (χ1v) is 12.3. The number of fused-ring (bicyclic) bond motifs is 1. The largest absolute Gasteiger partial charge is 0.490 e. The predicted octanol–water partition coefficient (Wildman–Crippen LogP) is 4.71. The minimum Gasteiger partial charge on any atom is -0.490 e. The van der Waals surface area contributed by atoms with E-state index in [9.17, 15) is 9.90 Å². The molecule has 0 aliphatic heterocycles. The van der Waals surface area contributed by atoms with Crippen LogP contribution < -0.4 is 20.5 Å². The summed E-state index contributed by atoms with van der Waals surface area (Å²) in [4.78, 5) is 14.5. The van der Waals surface area contributed by atoms with E-state index in [1.807, 2.05) is 60.8 Å². The normalized spacial score (nSPS) is 13.8. The number of nitrogens with one attached hydrogen (secondary N) is 1. The minimum atomic E-state index is -0.761. The predicted molar refractivity (Wildman–Crippen MR) is 139 cm³/mol. The van der Waals surface area contributed by atoms with Gasteiger partial charge >= 0.3 is 0 Å². The zero-order chi connectivity index (χ0) is 24.8. The SMILES string of the molecule is CC(Cl)(Cc1ccc(Oc2ccc(C(N)=O)cn2)cc1)NC[C@H](O)COc1cccc2sccc12. The van der Waals surface area contributed by atoms with Crippen LogP contribution >= 0.6 is 22.9 Å². The molecule has 0 saturated heterocycles. The summed E-state index contributed by atoms with van der Waals surface area (Å²) in [5, 5.41) is 16.7. The van der Waals surface area contributed by atoms with E-state index in [0.717, 1.165) is 21.4 Å². The summed E-state index contributed by atoms with van der Waals surface area (Å²) in [5.74, 6) is 1.18. The van der Waals surface area contributed by atoms with Crippen LogP contribution in [0.15, 0.2) is 72.2 Å². The Morgan fingerprint density at radius 3 is 2.71 bits per heavy atom. The molecule has 182 valence electrons. The maximum atomic E-state index is 11.1. The molecule has 1 amide bonds. The second-order valence-corrected chi connectivity index (χ2v) is 10.1. The number of carbonyl (C=O) groups is 1. The van der Waals surface area contributed by atoms with Gasteiger partial charge in [-0.3, -0.25) is 10.1 Å². The van der Waals surface area contributed by atoms with E-state index < -0.39 is 17.0 Å². The highest BCUT2D eigenvalue weighted by atomic mass is 35.5. The number of aliphatic hydroxyl groups is 1. The number of aromatic nitrogens is 1. The molecule has 0 saturated carbocycles. The highest BCUT2D eigenvalue weighted by molar-refractivity contribution is 7.17. The molecule has 0 bridgehead atoms. The van der Waals surface area contributed by atoms with Crippen molar-refractivity contribution < 1.29 is 19.4 Å². The van der Waals surface area contributed by atoms with Gasteiger partial charge in [0.05, 0.1) is 10.6 Å². The monoisotopic (exact) mass is 511 g/mol. The third-order valence-electron chi connectivity index (χ3n) is 5.30. The van der Waals surface area contributed by atoms with Crippen molar-refractivity contribution in [2.45, 2.75) is 24.4 Å². The van der Waals surface area contributed by atoms with Crippen LogP contribution in [-0.2, 0) is 6.42 Å². The number of aliphatic hydroxyl groups excluding tert-OH is 1. The lowest BCUT2D eigenvalue weighted by Gasteiger charge is -2.26. The van der Waals surface area contributed by atoms with Gasteiger partial charge in [-0.1, -0.05) is 18.2 Å². The van der Waals surface area contributed by atoms with Crippen molar-refractivity contribution >= 4 is 38.9 Å². The van der Waals surface area contributed by atoms with Gasteiger partial charge in [-0.25, -0.2) is 4.98 Å². The van der Waals surface area contributed by atoms with Gasteiger partial charge in [-0.05, 0) is 54.3 Å². The molecule has 7 nitrogen and oxygen atoms in total. The summed E-state index contributed by atoms with van der Waals surface area (Å²) in [6.07, 6.45) is 1.19. The van der Waals surface area contributed by atoms with Crippen molar-refractivity contribution in [1.29, 1.82) is 0 Å². The van der Waals surface area contributed by atoms with Crippen LogP contribution in [0.2, 0.25) is 0 Å². The van der Waals surface area contributed by atoms with Crippen molar-refractivity contribution in [1.82, 2.24) is 10.3 Å². The van der Waals surface area contributed by atoms with Crippen LogP contribution in [0.3, 0.4) is 0 Å². The lowest BCUT2D eigenvalue weighted by molar-refractivity contribution is 0.0999. The number of carbonyl (C=O) groups excluding carboxylic acids is 1. The standard InChI is InChI=1S/C26H26ClN3O4S/c1-26(27,30-15-19(31)16-33-22-3-2-4-23-21(22)11-12-35-23)13-17-5-8-20(9-6-17)34-24-10-7-18(14-29-24)25(28)32/h2-12,14,19,30-31H,13,15-16H2,1H3,(H2,28,32)/t19-,26?/m0/s1. The van der Waals surface area contributed by atoms with E-state index in [4.69, 9.17) is 26.8 Å². The quantitative estimate of drug-likeness (QED) is 0.199. The van der Waals surface area contributed by atoms with Gasteiger partial charge in [-0.2, -0.15) is 0 Å². The molecule has 2 aromatic heterocycles. The van der Waals surface area contributed by atoms with Gasteiger partial charge in [0.1, 0.15) is 24.2 Å². The van der Waals surface area contributed by atoms with Crippen molar-refractivity contribution in [2.24, 2.45) is 5.73 Å². The van der Waals surface area contributed by atoms with E-state index in [1.54, 1.807) is 23.5 Å². The fourth-order valence-electron chi connectivity index (χ4n) is 3.50. The molecule has 35 heavy (non-hydrogen) atoms. The number of benzene rings is 2. The highest BCUT2D eigenvalue weighted by Crippen LogP contribution is 2.29. The van der Waals surface area contributed by atoms with Gasteiger partial charge in [0.25, 0.3) is 0 Å². The van der Waals surface area contributed by atoms with Gasteiger partial charge in [-0.15, -0.1) is 22.9 Å². The Kier molecular flexibility index (Phi) is 7.87. The summed E-state index contributed by atoms with van der Waals surface area (Å²) in [6.45, 7) is 2.31. The molecule has 9 heteroatoms. The maximum absolute atomic E-state index is 11.1. The molecule has 0 aliphatic carbocycles. The van der Waals surface area contributed by atoms with E-state index in [0.29, 0.717) is 23.6 Å². The van der Waals surface area contributed by atoms with Crippen LogP contribution in [0.1, 0.15) is 22.8 Å². The number of hydrogen-bond donors (Lipinski definition) is 3. The molecule has 0 aliphatic rings. The summed E-state index contributed by atoms with van der Waals surface area (Å²) < 4.78 is 12.7. The van der Waals surface area contributed by atoms with E-state index in [1.165, 1.54) is 6.20 Å². The molecular weight excluding hydrogens is 486 g/mol. The molecule has 0 spiro atoms. The van der Waals surface area contributed by atoms with Crippen molar-refractivity contribution in [3.8, 4) is 17.4 Å². The Labute approximate surface area is 212 Å². The summed E-state index contributed by atoms with van der Waals surface area (Å²) >= 11 is 8.32. The Balaban J connectivity index is 1.25. The van der Waals surface area contributed by atoms with Crippen molar-refractivity contribution in [2.75, 3.05) is 13.2 Å². The number of thiophene rings is 1. The number of alkyl halides is 1. The average molecular weight is 512 g/mol. The van der Waals surface area contributed by atoms with Crippen LogP contribution in [0, 0.1) is 0 Å². The number of hydrogen-bond acceptors (Lipinski definition) is 7. The third-order valence-corrected chi connectivity index (χ3v) is 6.45. The Bertz CT molecular complexity index is 1280. The van der Waals surface area contributed by atoms with Gasteiger partial charge < -0.3 is 20.3 Å². The van der Waals surface area contributed by atoms with E-state index in [2.05, 4.69) is 10.3 Å². The molecule has 4 aromatic rings.